The minimum absolute atomic E-state index is 0.113. The van der Waals surface area contributed by atoms with Crippen LogP contribution in [0.2, 0.25) is 0 Å². The van der Waals surface area contributed by atoms with Gasteiger partial charge in [-0.25, -0.2) is 4.98 Å². The van der Waals surface area contributed by atoms with E-state index >= 15 is 0 Å². The Balaban J connectivity index is 1.41. The van der Waals surface area contributed by atoms with Crippen LogP contribution >= 0.6 is 11.8 Å². The van der Waals surface area contributed by atoms with E-state index in [0.29, 0.717) is 19.5 Å². The van der Waals surface area contributed by atoms with Crippen LogP contribution in [0.4, 0.5) is 5.82 Å². The molecule has 0 aromatic carbocycles. The zero-order valence-electron chi connectivity index (χ0n) is 13.9. The molecular formula is C17H22N4O2S. The van der Waals surface area contributed by atoms with Crippen molar-refractivity contribution in [3.63, 3.8) is 0 Å². The van der Waals surface area contributed by atoms with E-state index in [1.54, 1.807) is 18.0 Å². The molecule has 7 heteroatoms. The van der Waals surface area contributed by atoms with Crippen molar-refractivity contribution in [2.45, 2.75) is 30.7 Å². The lowest BCUT2D eigenvalue weighted by molar-refractivity contribution is -0.143. The lowest BCUT2D eigenvalue weighted by Crippen LogP contribution is -2.56. The smallest absolute Gasteiger partial charge is 0.246 e. The van der Waals surface area contributed by atoms with Gasteiger partial charge in [0.15, 0.2) is 0 Å². The number of hydrogen-bond donors (Lipinski definition) is 0. The molecule has 1 aromatic heterocycles. The summed E-state index contributed by atoms with van der Waals surface area (Å²) in [6, 6.07) is 5.61. The molecule has 128 valence electrons. The van der Waals surface area contributed by atoms with Gasteiger partial charge in [-0.05, 0) is 25.5 Å². The second kappa shape index (κ2) is 5.95. The summed E-state index contributed by atoms with van der Waals surface area (Å²) in [5, 5.41) is 0. The minimum atomic E-state index is -0.281. The number of fused-ring (bicyclic) bond motifs is 1. The molecule has 0 N–H and O–H groups in total. The number of rotatable bonds is 2. The molecule has 3 fully saturated rings. The van der Waals surface area contributed by atoms with Crippen LogP contribution in [0, 0.1) is 0 Å². The van der Waals surface area contributed by atoms with E-state index in [1.807, 2.05) is 28.0 Å². The standard InChI is InChI=1S/C17H22N4O2S/c1-17-6-5-15(22)21(17)13(12-24-17)16(23)20-10-8-19(9-11-20)14-4-2-3-7-18-14/h2-4,7,13H,5-6,8-12H2,1H3. The number of piperazine rings is 1. The molecule has 6 nitrogen and oxygen atoms in total. The first kappa shape index (κ1) is 15.7. The average Bonchev–Trinajstić information content (AvgIpc) is 3.11. The average molecular weight is 346 g/mol. The van der Waals surface area contributed by atoms with E-state index in [9.17, 15) is 9.59 Å². The maximum Gasteiger partial charge on any atom is 0.246 e. The third-order valence-electron chi connectivity index (χ3n) is 5.29. The Labute approximate surface area is 146 Å². The molecule has 4 rings (SSSR count). The molecule has 24 heavy (non-hydrogen) atoms. The highest BCUT2D eigenvalue weighted by atomic mass is 32.2. The quantitative estimate of drug-likeness (QED) is 0.805. The molecule has 3 saturated heterocycles. The molecule has 0 bridgehead atoms. The monoisotopic (exact) mass is 346 g/mol. The predicted octanol–water partition coefficient (Wildman–Crippen LogP) is 1.18. The number of pyridine rings is 1. The number of amides is 2. The summed E-state index contributed by atoms with van der Waals surface area (Å²) in [7, 11) is 0. The lowest BCUT2D eigenvalue weighted by Gasteiger charge is -2.38. The van der Waals surface area contributed by atoms with Gasteiger partial charge in [-0.3, -0.25) is 9.59 Å². The maximum atomic E-state index is 13.0. The lowest BCUT2D eigenvalue weighted by atomic mass is 10.2. The van der Waals surface area contributed by atoms with Crippen molar-refractivity contribution in [1.29, 1.82) is 0 Å². The highest BCUT2D eigenvalue weighted by Crippen LogP contribution is 2.47. The first-order valence-corrected chi connectivity index (χ1v) is 9.48. The second-order valence-corrected chi connectivity index (χ2v) is 8.27. The maximum absolute atomic E-state index is 13.0. The van der Waals surface area contributed by atoms with Gasteiger partial charge < -0.3 is 14.7 Å². The molecule has 2 amide bonds. The Morgan fingerprint density at radius 2 is 2.08 bits per heavy atom. The fraction of sp³-hybridized carbons (Fsp3) is 0.588. The summed E-state index contributed by atoms with van der Waals surface area (Å²) in [6.07, 6.45) is 3.22. The molecular weight excluding hydrogens is 324 g/mol. The zero-order valence-corrected chi connectivity index (χ0v) is 14.7. The normalized spacial score (nSPS) is 30.0. The molecule has 4 heterocycles. The van der Waals surface area contributed by atoms with Crippen LogP contribution in [-0.4, -0.2) is 69.4 Å². The van der Waals surface area contributed by atoms with E-state index in [1.165, 1.54) is 0 Å². The van der Waals surface area contributed by atoms with Crippen molar-refractivity contribution < 1.29 is 9.59 Å². The molecule has 0 saturated carbocycles. The minimum Gasteiger partial charge on any atom is -0.353 e. The Kier molecular flexibility index (Phi) is 3.90. The van der Waals surface area contributed by atoms with Crippen molar-refractivity contribution >= 4 is 29.4 Å². The summed E-state index contributed by atoms with van der Waals surface area (Å²) in [6.45, 7) is 5.04. The molecule has 0 radical (unpaired) electrons. The fourth-order valence-electron chi connectivity index (χ4n) is 3.91. The van der Waals surface area contributed by atoms with Crippen LogP contribution in [-0.2, 0) is 9.59 Å². The summed E-state index contributed by atoms with van der Waals surface area (Å²) < 4.78 is 0. The molecule has 3 aliphatic rings. The number of thioether (sulfide) groups is 1. The number of nitrogens with zero attached hydrogens (tertiary/aromatic N) is 4. The molecule has 2 unspecified atom stereocenters. The van der Waals surface area contributed by atoms with Gasteiger partial charge in [0.1, 0.15) is 11.9 Å². The Morgan fingerprint density at radius 1 is 1.29 bits per heavy atom. The Bertz CT molecular complexity index is 647. The van der Waals surface area contributed by atoms with Gasteiger partial charge in [0.2, 0.25) is 11.8 Å². The fourth-order valence-corrected chi connectivity index (χ4v) is 5.33. The SMILES string of the molecule is CC12CCC(=O)N1C(C(=O)N1CCN(c3ccccn3)CC1)CS2. The second-order valence-electron chi connectivity index (χ2n) is 6.77. The van der Waals surface area contributed by atoms with Gasteiger partial charge in [0, 0.05) is 44.5 Å². The molecule has 0 spiro atoms. The first-order valence-electron chi connectivity index (χ1n) is 8.49. The molecule has 0 aliphatic carbocycles. The van der Waals surface area contributed by atoms with Crippen LogP contribution in [0.15, 0.2) is 24.4 Å². The topological polar surface area (TPSA) is 56.8 Å². The molecule has 3 aliphatic heterocycles. The van der Waals surface area contributed by atoms with Crippen molar-refractivity contribution in [3.05, 3.63) is 24.4 Å². The van der Waals surface area contributed by atoms with Crippen molar-refractivity contribution in [3.8, 4) is 0 Å². The zero-order chi connectivity index (χ0) is 16.7. The van der Waals surface area contributed by atoms with Crippen molar-refractivity contribution in [2.24, 2.45) is 0 Å². The van der Waals surface area contributed by atoms with E-state index < -0.39 is 0 Å². The van der Waals surface area contributed by atoms with Crippen LogP contribution in [0.25, 0.3) is 0 Å². The largest absolute Gasteiger partial charge is 0.353 e. The van der Waals surface area contributed by atoms with Gasteiger partial charge in [0.05, 0.1) is 4.87 Å². The van der Waals surface area contributed by atoms with E-state index in [-0.39, 0.29) is 22.7 Å². The van der Waals surface area contributed by atoms with Crippen LogP contribution in [0.3, 0.4) is 0 Å². The summed E-state index contributed by atoms with van der Waals surface area (Å²) in [5.74, 6) is 1.93. The van der Waals surface area contributed by atoms with Gasteiger partial charge in [-0.2, -0.15) is 0 Å². The number of carbonyl (C=O) groups is 2. The first-order chi connectivity index (χ1) is 11.6. The number of aromatic nitrogens is 1. The van der Waals surface area contributed by atoms with Gasteiger partial charge in [0.25, 0.3) is 0 Å². The third kappa shape index (κ3) is 2.55. The molecule has 1 aromatic rings. The third-order valence-corrected chi connectivity index (χ3v) is 6.80. The van der Waals surface area contributed by atoms with Crippen molar-refractivity contribution in [1.82, 2.24) is 14.8 Å². The number of anilines is 1. The summed E-state index contributed by atoms with van der Waals surface area (Å²) in [5.41, 5.74) is 0. The Morgan fingerprint density at radius 3 is 2.79 bits per heavy atom. The van der Waals surface area contributed by atoms with Crippen LogP contribution < -0.4 is 4.90 Å². The predicted molar refractivity (Wildman–Crippen MR) is 93.8 cm³/mol. The number of carbonyl (C=O) groups excluding carboxylic acids is 2. The highest BCUT2D eigenvalue weighted by molar-refractivity contribution is 8.01. The van der Waals surface area contributed by atoms with E-state index in [0.717, 1.165) is 31.1 Å². The van der Waals surface area contributed by atoms with Crippen LogP contribution in [0.1, 0.15) is 19.8 Å². The summed E-state index contributed by atoms with van der Waals surface area (Å²) in [4.78, 5) is 35.4. The van der Waals surface area contributed by atoms with Gasteiger partial charge in [-0.1, -0.05) is 6.07 Å². The van der Waals surface area contributed by atoms with Crippen LogP contribution in [0.5, 0.6) is 0 Å². The van der Waals surface area contributed by atoms with E-state index in [4.69, 9.17) is 0 Å². The van der Waals surface area contributed by atoms with Gasteiger partial charge >= 0.3 is 0 Å². The van der Waals surface area contributed by atoms with Crippen molar-refractivity contribution in [2.75, 3.05) is 36.8 Å². The molecule has 2 atom stereocenters. The highest BCUT2D eigenvalue weighted by Gasteiger charge is 2.53. The Hall–Kier alpha value is -1.76. The van der Waals surface area contributed by atoms with Gasteiger partial charge in [-0.15, -0.1) is 11.8 Å². The van der Waals surface area contributed by atoms with E-state index in [2.05, 4.69) is 16.8 Å². The summed E-state index contributed by atoms with van der Waals surface area (Å²) >= 11 is 1.75. The number of hydrogen-bond acceptors (Lipinski definition) is 5.